The molecule has 40 heavy (non-hydrogen) atoms. The average molecular weight is 571 g/mol. The maximum absolute atomic E-state index is 13.0. The van der Waals surface area contributed by atoms with Crippen molar-refractivity contribution in [2.45, 2.75) is 45.9 Å². The molecule has 1 N–H and O–H groups in total. The summed E-state index contributed by atoms with van der Waals surface area (Å²) in [6.45, 7) is 5.84. The summed E-state index contributed by atoms with van der Waals surface area (Å²) in [5, 5.41) is 2.98. The molecule has 0 bridgehead atoms. The second kappa shape index (κ2) is 14.2. The predicted molar refractivity (Wildman–Crippen MR) is 147 cm³/mol. The van der Waals surface area contributed by atoms with Crippen LogP contribution in [0.1, 0.15) is 48.5 Å². The van der Waals surface area contributed by atoms with E-state index in [1.165, 1.54) is 33.2 Å². The molecule has 3 atom stereocenters. The summed E-state index contributed by atoms with van der Waals surface area (Å²) in [7, 11) is 1.38. The fourth-order valence-electron chi connectivity index (χ4n) is 3.65. The van der Waals surface area contributed by atoms with Crippen molar-refractivity contribution in [3.05, 3.63) is 82.6 Å². The lowest BCUT2D eigenvalue weighted by Crippen LogP contribution is -2.42. The molecule has 1 heterocycles. The van der Waals surface area contributed by atoms with Crippen LogP contribution in [0.25, 0.3) is 0 Å². The third-order valence-electron chi connectivity index (χ3n) is 5.67. The number of hydrogen-bond donors (Lipinski definition) is 1. The predicted octanol–water partition coefficient (Wildman–Crippen LogP) is 4.82. The minimum Gasteiger partial charge on any atom is -0.493 e. The topological polar surface area (TPSA) is 122 Å². The Bertz CT molecular complexity index is 1330. The molecule has 1 amide bonds. The molecule has 3 rings (SSSR count). The van der Waals surface area contributed by atoms with Crippen molar-refractivity contribution < 1.29 is 38.1 Å². The highest BCUT2D eigenvalue weighted by Crippen LogP contribution is 2.33. The first-order chi connectivity index (χ1) is 19.1. The number of aryl methyl sites for hydroxylation is 1. The van der Waals surface area contributed by atoms with Gasteiger partial charge in [0.05, 0.1) is 12.1 Å². The quantitative estimate of drug-likeness (QED) is 0.241. The van der Waals surface area contributed by atoms with Crippen LogP contribution in [0.4, 0.5) is 0 Å². The molecular formula is C29H31ClN2O8. The van der Waals surface area contributed by atoms with Gasteiger partial charge in [0.25, 0.3) is 5.91 Å². The largest absolute Gasteiger partial charge is 0.493 e. The van der Waals surface area contributed by atoms with Gasteiger partial charge in [-0.05, 0) is 44.0 Å². The molecule has 0 saturated carbocycles. The molecule has 0 unspecified atom stereocenters. The van der Waals surface area contributed by atoms with Crippen LogP contribution in [0.3, 0.4) is 0 Å². The van der Waals surface area contributed by atoms with Gasteiger partial charge in [-0.3, -0.25) is 9.59 Å². The van der Waals surface area contributed by atoms with E-state index in [0.29, 0.717) is 10.8 Å². The molecule has 11 heteroatoms. The molecule has 0 spiro atoms. The van der Waals surface area contributed by atoms with E-state index in [1.54, 1.807) is 19.1 Å². The highest BCUT2D eigenvalue weighted by molar-refractivity contribution is 6.32. The third-order valence-corrected chi connectivity index (χ3v) is 5.96. The Hall–Kier alpha value is -4.31. The summed E-state index contributed by atoms with van der Waals surface area (Å²) in [5.41, 5.74) is 1.58. The number of ether oxygens (including phenoxy) is 5. The van der Waals surface area contributed by atoms with Crippen molar-refractivity contribution in [1.29, 1.82) is 0 Å². The zero-order chi connectivity index (χ0) is 29.2. The number of nitrogens with one attached hydrogen (secondary N) is 1. The number of rotatable bonds is 12. The van der Waals surface area contributed by atoms with Crippen LogP contribution in [-0.2, 0) is 19.1 Å². The highest BCUT2D eigenvalue weighted by atomic mass is 35.5. The highest BCUT2D eigenvalue weighted by Gasteiger charge is 2.29. The first-order valence-electron chi connectivity index (χ1n) is 12.4. The maximum Gasteiger partial charge on any atom is 0.328 e. The minimum atomic E-state index is -1.07. The Morgan fingerprint density at radius 2 is 1.75 bits per heavy atom. The van der Waals surface area contributed by atoms with Crippen molar-refractivity contribution in [2.75, 3.05) is 13.9 Å². The normalized spacial score (nSPS) is 12.8. The second-order valence-electron chi connectivity index (χ2n) is 8.81. The fraction of sp³-hybridized carbons (Fsp3) is 0.310. The number of nitrogens with zero attached hydrogens (tertiary/aromatic N) is 1. The summed E-state index contributed by atoms with van der Waals surface area (Å²) < 4.78 is 27.3. The zero-order valence-corrected chi connectivity index (χ0v) is 23.6. The van der Waals surface area contributed by atoms with Crippen molar-refractivity contribution in [1.82, 2.24) is 10.3 Å². The van der Waals surface area contributed by atoms with Crippen LogP contribution in [0, 0.1) is 6.92 Å². The number of benzene rings is 2. The summed E-state index contributed by atoms with van der Waals surface area (Å²) in [5.74, 6) is -1.42. The molecular weight excluding hydrogens is 540 g/mol. The number of esters is 2. The number of halogens is 1. The van der Waals surface area contributed by atoms with E-state index in [2.05, 4.69) is 10.3 Å². The summed E-state index contributed by atoms with van der Waals surface area (Å²) in [6.07, 6.45) is -0.103. The number of hydrogen-bond acceptors (Lipinski definition) is 9. The Morgan fingerprint density at radius 3 is 2.40 bits per heavy atom. The average Bonchev–Trinajstić information content (AvgIpc) is 2.92. The number of amides is 1. The number of methoxy groups -OCH3 is 1. The Kier molecular flexibility index (Phi) is 10.7. The van der Waals surface area contributed by atoms with Crippen LogP contribution in [0.15, 0.2) is 60.8 Å². The van der Waals surface area contributed by atoms with Crippen molar-refractivity contribution in [2.24, 2.45) is 0 Å². The van der Waals surface area contributed by atoms with Gasteiger partial charge in [0, 0.05) is 19.2 Å². The maximum atomic E-state index is 13.0. The van der Waals surface area contributed by atoms with Gasteiger partial charge in [-0.1, -0.05) is 48.0 Å². The van der Waals surface area contributed by atoms with Gasteiger partial charge in [-0.15, -0.1) is 0 Å². The molecule has 10 nitrogen and oxygen atoms in total. The lowest BCUT2D eigenvalue weighted by molar-refractivity contribution is -0.155. The van der Waals surface area contributed by atoms with Gasteiger partial charge in [0.2, 0.25) is 6.79 Å². The summed E-state index contributed by atoms with van der Waals surface area (Å²) in [6, 6.07) is 15.1. The lowest BCUT2D eigenvalue weighted by atomic mass is 10.0. The molecule has 0 aliphatic rings. The molecule has 212 valence electrons. The van der Waals surface area contributed by atoms with Gasteiger partial charge < -0.3 is 29.0 Å². The molecule has 2 aromatic carbocycles. The van der Waals surface area contributed by atoms with Crippen LogP contribution >= 0.6 is 11.6 Å². The van der Waals surface area contributed by atoms with Crippen LogP contribution in [-0.4, -0.2) is 48.9 Å². The van der Waals surface area contributed by atoms with Crippen LogP contribution in [0.5, 0.6) is 17.2 Å². The molecule has 0 radical (unpaired) electrons. The first-order valence-corrected chi connectivity index (χ1v) is 12.8. The number of carbonyl (C=O) groups is 3. The summed E-state index contributed by atoms with van der Waals surface area (Å²) >= 11 is 6.39. The monoisotopic (exact) mass is 570 g/mol. The minimum absolute atomic E-state index is 0.0507. The Balaban J connectivity index is 1.73. The van der Waals surface area contributed by atoms with Crippen LogP contribution in [0.2, 0.25) is 5.02 Å². The molecule has 1 aromatic heterocycles. The number of pyridine rings is 1. The van der Waals surface area contributed by atoms with Crippen LogP contribution < -0.4 is 19.5 Å². The number of aromatic nitrogens is 1. The molecule has 0 aliphatic carbocycles. The third kappa shape index (κ3) is 8.09. The van der Waals surface area contributed by atoms with Gasteiger partial charge in [0.15, 0.2) is 23.3 Å². The van der Waals surface area contributed by atoms with Gasteiger partial charge >= 0.3 is 11.9 Å². The number of carbonyl (C=O) groups excluding carboxylic acids is 3. The van der Waals surface area contributed by atoms with Crippen molar-refractivity contribution in [3.63, 3.8) is 0 Å². The van der Waals surface area contributed by atoms with E-state index >= 15 is 0 Å². The Labute approximate surface area is 237 Å². The van der Waals surface area contributed by atoms with E-state index in [-0.39, 0.29) is 17.2 Å². The Morgan fingerprint density at radius 1 is 1.02 bits per heavy atom. The van der Waals surface area contributed by atoms with Gasteiger partial charge in [0.1, 0.15) is 17.9 Å². The molecule has 0 fully saturated rings. The molecule has 0 aliphatic heterocycles. The molecule has 0 saturated heterocycles. The first kappa shape index (κ1) is 30.2. The fourth-order valence-corrected chi connectivity index (χ4v) is 3.93. The van der Waals surface area contributed by atoms with Gasteiger partial charge in [-0.2, -0.15) is 0 Å². The van der Waals surface area contributed by atoms with Crippen molar-refractivity contribution >= 4 is 29.4 Å². The summed E-state index contributed by atoms with van der Waals surface area (Å²) in [4.78, 5) is 41.2. The zero-order valence-electron chi connectivity index (χ0n) is 22.8. The van der Waals surface area contributed by atoms with E-state index in [0.717, 1.165) is 11.1 Å². The standard InChI is InChI=1S/C29H31ClN2O8/c1-17-11-12-23(22(30)15-17)40-26(21-9-7-6-8-10-21)19(3)39-29(35)18(2)32-28(34)25-27(38-16-37-20(4)33)24(36-5)13-14-31-25/h6-15,18-19,26H,16H2,1-5H3,(H,32,34)/t18-,19-,26-/m0/s1. The lowest BCUT2D eigenvalue weighted by Gasteiger charge is -2.27. The van der Waals surface area contributed by atoms with Crippen molar-refractivity contribution in [3.8, 4) is 17.2 Å². The van der Waals surface area contributed by atoms with E-state index < -0.39 is 42.9 Å². The molecule has 3 aromatic rings. The SMILES string of the molecule is COc1ccnc(C(=O)N[C@@H](C)C(=O)O[C@@H](C)[C@H](Oc2ccc(C)cc2Cl)c2ccccc2)c1OCOC(C)=O. The van der Waals surface area contributed by atoms with E-state index in [1.807, 2.05) is 43.3 Å². The van der Waals surface area contributed by atoms with E-state index in [9.17, 15) is 14.4 Å². The smallest absolute Gasteiger partial charge is 0.328 e. The second-order valence-corrected chi connectivity index (χ2v) is 9.22. The van der Waals surface area contributed by atoms with E-state index in [4.69, 9.17) is 35.3 Å². The van der Waals surface area contributed by atoms with Gasteiger partial charge in [-0.25, -0.2) is 9.78 Å².